The van der Waals surface area contributed by atoms with Crippen molar-refractivity contribution < 1.29 is 14.3 Å². The Balaban J connectivity index is 1.34. The molecule has 6 rings (SSSR count). The molecule has 0 bridgehead atoms. The second-order valence-corrected chi connectivity index (χ2v) is 11.6. The van der Waals surface area contributed by atoms with Gasteiger partial charge in [0.1, 0.15) is 12.4 Å². The van der Waals surface area contributed by atoms with Crippen LogP contribution in [0.1, 0.15) is 42.2 Å². The van der Waals surface area contributed by atoms with Gasteiger partial charge in [-0.2, -0.15) is 15.2 Å². The zero-order valence-electron chi connectivity index (χ0n) is 23.8. The van der Waals surface area contributed by atoms with Crippen LogP contribution in [0.3, 0.4) is 0 Å². The predicted octanol–water partition coefficient (Wildman–Crippen LogP) is 4.69. The molecule has 3 atom stereocenters. The van der Waals surface area contributed by atoms with Crippen LogP contribution in [0.5, 0.6) is 6.01 Å². The molecule has 2 aromatic carbocycles. The molecule has 10 heteroatoms. The number of benzene rings is 2. The predicted molar refractivity (Wildman–Crippen MR) is 162 cm³/mol. The lowest BCUT2D eigenvalue weighted by atomic mass is 9.94. The first kappa shape index (κ1) is 28.4. The molecule has 3 aromatic rings. The molecule has 0 spiro atoms. The Kier molecular flexibility index (Phi) is 8.29. The van der Waals surface area contributed by atoms with Crippen molar-refractivity contribution in [1.29, 1.82) is 5.26 Å². The Morgan fingerprint density at radius 3 is 2.81 bits per heavy atom. The number of ether oxygens (including phenoxy) is 2. The van der Waals surface area contributed by atoms with Gasteiger partial charge >= 0.3 is 6.01 Å². The molecule has 3 aliphatic heterocycles. The number of carbonyl (C=O) groups excluding carboxylic acids is 1. The molecular formula is C32H35ClN6O3. The highest BCUT2D eigenvalue weighted by molar-refractivity contribution is 6.35. The molecule has 1 amide bonds. The van der Waals surface area contributed by atoms with E-state index in [9.17, 15) is 10.1 Å². The fourth-order valence-corrected chi connectivity index (χ4v) is 6.73. The fraction of sp³-hybridized carbons (Fsp3) is 0.438. The van der Waals surface area contributed by atoms with Crippen molar-refractivity contribution in [2.75, 3.05) is 44.7 Å². The van der Waals surface area contributed by atoms with Crippen molar-refractivity contribution in [2.24, 2.45) is 0 Å². The summed E-state index contributed by atoms with van der Waals surface area (Å²) in [7, 11) is 2.12. The lowest BCUT2D eigenvalue weighted by Crippen LogP contribution is -2.55. The number of likely N-dealkylation sites (N-methyl/N-ethyl adjacent to an activating group) is 1. The van der Waals surface area contributed by atoms with E-state index in [0.717, 1.165) is 52.8 Å². The Hall–Kier alpha value is -3.71. The number of aromatic nitrogens is 2. The highest BCUT2D eigenvalue weighted by Crippen LogP contribution is 2.39. The summed E-state index contributed by atoms with van der Waals surface area (Å²) in [6.07, 6.45) is 4.09. The Bertz CT molecular complexity index is 1540. The van der Waals surface area contributed by atoms with Gasteiger partial charge in [0.2, 0.25) is 5.91 Å². The van der Waals surface area contributed by atoms with E-state index >= 15 is 0 Å². The summed E-state index contributed by atoms with van der Waals surface area (Å²) in [5.74, 6) is 0.585. The van der Waals surface area contributed by atoms with Gasteiger partial charge in [0.05, 0.1) is 36.9 Å². The van der Waals surface area contributed by atoms with E-state index in [1.807, 2.05) is 18.2 Å². The van der Waals surface area contributed by atoms with Crippen molar-refractivity contribution in [3.8, 4) is 12.1 Å². The number of carbonyl (C=O) groups is 1. The minimum Gasteiger partial charge on any atom is -0.462 e. The van der Waals surface area contributed by atoms with Crippen molar-refractivity contribution in [3.05, 3.63) is 70.9 Å². The lowest BCUT2D eigenvalue weighted by Gasteiger charge is -2.42. The van der Waals surface area contributed by atoms with E-state index in [2.05, 4.69) is 47.7 Å². The standard InChI is InChI=1S/C32H35ClN6O3/c1-3-29(40)39-16-15-38(18-22(39)12-13-34)31-25-20-41-28(24-10-4-7-21-8-5-11-26(33)30(21)24)17-27(25)35-32(36-31)42-19-23-9-6-14-37(23)2/h3-5,7-8,10-11,22-23,28H,1,6,9,12,14-20H2,2H3/t22-,23+,28+/m1/s1. The summed E-state index contributed by atoms with van der Waals surface area (Å²) in [5.41, 5.74) is 2.84. The maximum absolute atomic E-state index is 12.5. The van der Waals surface area contributed by atoms with Crippen LogP contribution >= 0.6 is 11.6 Å². The number of halogens is 1. The molecule has 9 nitrogen and oxygen atoms in total. The molecule has 2 saturated heterocycles. The third-order valence-corrected chi connectivity index (χ3v) is 9.05. The third-order valence-electron chi connectivity index (χ3n) is 8.73. The van der Waals surface area contributed by atoms with Gasteiger partial charge in [-0.05, 0) is 49.5 Å². The average molecular weight is 587 g/mol. The van der Waals surface area contributed by atoms with Gasteiger partial charge in [0.25, 0.3) is 0 Å². The smallest absolute Gasteiger partial charge is 0.318 e. The van der Waals surface area contributed by atoms with Crippen LogP contribution in [-0.2, 0) is 22.6 Å². The number of anilines is 1. The van der Waals surface area contributed by atoms with Gasteiger partial charge in [-0.15, -0.1) is 0 Å². The number of amides is 1. The molecule has 0 aliphatic carbocycles. The molecule has 0 N–H and O–H groups in total. The molecule has 4 heterocycles. The Morgan fingerprint density at radius 1 is 1.21 bits per heavy atom. The first-order chi connectivity index (χ1) is 20.5. The zero-order chi connectivity index (χ0) is 29.2. The third kappa shape index (κ3) is 5.54. The molecule has 0 unspecified atom stereocenters. The maximum atomic E-state index is 12.5. The minimum absolute atomic E-state index is 0.163. The molecule has 2 fully saturated rings. The summed E-state index contributed by atoms with van der Waals surface area (Å²) >= 11 is 6.66. The lowest BCUT2D eigenvalue weighted by molar-refractivity contribution is -0.128. The van der Waals surface area contributed by atoms with Crippen LogP contribution < -0.4 is 9.64 Å². The quantitative estimate of drug-likeness (QED) is 0.368. The molecule has 0 saturated carbocycles. The number of nitriles is 1. The number of hydrogen-bond donors (Lipinski definition) is 0. The number of likely N-dealkylation sites (tertiary alicyclic amines) is 1. The van der Waals surface area contributed by atoms with Gasteiger partial charge in [-0.1, -0.05) is 48.5 Å². The van der Waals surface area contributed by atoms with E-state index in [1.165, 1.54) is 6.08 Å². The van der Waals surface area contributed by atoms with E-state index in [1.54, 1.807) is 4.90 Å². The SMILES string of the molecule is C=CC(=O)N1CCN(c2nc(OC[C@@H]3CCCN3C)nc3c2CO[C@H](c2cccc4cccc(Cl)c24)C3)C[C@H]1CC#N. The van der Waals surface area contributed by atoms with Crippen molar-refractivity contribution in [3.63, 3.8) is 0 Å². The van der Waals surface area contributed by atoms with Crippen molar-refractivity contribution in [1.82, 2.24) is 19.8 Å². The monoisotopic (exact) mass is 586 g/mol. The van der Waals surface area contributed by atoms with Crippen LogP contribution in [0, 0.1) is 11.3 Å². The maximum Gasteiger partial charge on any atom is 0.318 e. The van der Waals surface area contributed by atoms with Crippen molar-refractivity contribution in [2.45, 2.75) is 50.5 Å². The van der Waals surface area contributed by atoms with Gasteiger partial charge in [-0.25, -0.2) is 0 Å². The second-order valence-electron chi connectivity index (χ2n) is 11.2. The van der Waals surface area contributed by atoms with Crippen LogP contribution in [0.25, 0.3) is 10.8 Å². The zero-order valence-corrected chi connectivity index (χ0v) is 24.6. The molecule has 218 valence electrons. The van der Waals surface area contributed by atoms with Gasteiger partial charge in [-0.3, -0.25) is 4.79 Å². The molecule has 42 heavy (non-hydrogen) atoms. The second kappa shape index (κ2) is 12.3. The fourth-order valence-electron chi connectivity index (χ4n) is 6.44. The molecule has 3 aliphatic rings. The topological polar surface area (TPSA) is 94.8 Å². The van der Waals surface area contributed by atoms with Crippen LogP contribution in [0.15, 0.2) is 49.1 Å². The first-order valence-corrected chi connectivity index (χ1v) is 14.9. The molecule has 0 radical (unpaired) electrons. The first-order valence-electron chi connectivity index (χ1n) is 14.5. The van der Waals surface area contributed by atoms with E-state index in [-0.39, 0.29) is 24.5 Å². The number of piperazine rings is 1. The number of fused-ring (bicyclic) bond motifs is 2. The van der Waals surface area contributed by atoms with E-state index in [4.69, 9.17) is 31.0 Å². The molecule has 1 aromatic heterocycles. The van der Waals surface area contributed by atoms with E-state index < -0.39 is 0 Å². The summed E-state index contributed by atoms with van der Waals surface area (Å²) in [6.45, 7) is 7.06. The van der Waals surface area contributed by atoms with Gasteiger partial charge < -0.3 is 24.2 Å². The van der Waals surface area contributed by atoms with Gasteiger partial charge in [0.15, 0.2) is 0 Å². The average Bonchev–Trinajstić information content (AvgIpc) is 3.43. The normalized spacial score (nSPS) is 22.5. The number of rotatable bonds is 7. The van der Waals surface area contributed by atoms with Crippen molar-refractivity contribution >= 4 is 34.1 Å². The molecular weight excluding hydrogens is 552 g/mol. The van der Waals surface area contributed by atoms with Gasteiger partial charge in [0, 0.05) is 48.1 Å². The summed E-state index contributed by atoms with van der Waals surface area (Å²) in [5, 5.41) is 12.3. The van der Waals surface area contributed by atoms with Crippen LogP contribution in [-0.4, -0.2) is 77.6 Å². The summed E-state index contributed by atoms with van der Waals surface area (Å²) in [6, 6.07) is 14.7. The Labute approximate surface area is 251 Å². The highest BCUT2D eigenvalue weighted by atomic mass is 35.5. The summed E-state index contributed by atoms with van der Waals surface area (Å²) in [4.78, 5) is 28.5. The highest BCUT2D eigenvalue weighted by Gasteiger charge is 2.34. The van der Waals surface area contributed by atoms with E-state index in [0.29, 0.717) is 56.3 Å². The minimum atomic E-state index is -0.272. The largest absolute Gasteiger partial charge is 0.462 e. The number of nitrogens with zero attached hydrogens (tertiary/aromatic N) is 6. The van der Waals surface area contributed by atoms with Crippen LogP contribution in [0.2, 0.25) is 5.02 Å². The van der Waals surface area contributed by atoms with Crippen LogP contribution in [0.4, 0.5) is 5.82 Å². The number of hydrogen-bond acceptors (Lipinski definition) is 8. The summed E-state index contributed by atoms with van der Waals surface area (Å²) < 4.78 is 12.7. The Morgan fingerprint density at radius 2 is 2.05 bits per heavy atom.